The van der Waals surface area contributed by atoms with Crippen LogP contribution in [0.5, 0.6) is 0 Å². The molecule has 4 nitrogen and oxygen atoms in total. The van der Waals surface area contributed by atoms with Crippen molar-refractivity contribution in [3.63, 3.8) is 0 Å². The van der Waals surface area contributed by atoms with E-state index in [-0.39, 0.29) is 0 Å². The first-order valence-electron chi connectivity index (χ1n) is 5.50. The Bertz CT molecular complexity index is 586. The van der Waals surface area contributed by atoms with E-state index in [2.05, 4.69) is 16.4 Å². The van der Waals surface area contributed by atoms with Crippen LogP contribution in [0.4, 0.5) is 0 Å². The lowest BCUT2D eigenvalue weighted by atomic mass is 10.1. The molecule has 0 saturated carbocycles. The van der Waals surface area contributed by atoms with Gasteiger partial charge in [-0.25, -0.2) is 4.98 Å². The molecule has 92 valence electrons. The topological polar surface area (TPSA) is 61.9 Å². The molecule has 0 fully saturated rings. The molecule has 1 aromatic carbocycles. The van der Waals surface area contributed by atoms with Gasteiger partial charge in [0.1, 0.15) is 12.3 Å². The lowest BCUT2D eigenvalue weighted by molar-refractivity contribution is 0.454. The number of hydrogen-bond donors (Lipinski definition) is 1. The Labute approximate surface area is 110 Å². The SMILES string of the molecule is CNCc1ccc(Sc2nc(C)co2)c(C#N)c1. The Balaban J connectivity index is 2.25. The zero-order chi connectivity index (χ0) is 13.0. The van der Waals surface area contributed by atoms with Gasteiger partial charge in [0.2, 0.25) is 0 Å². The van der Waals surface area contributed by atoms with Crippen LogP contribution >= 0.6 is 11.8 Å². The smallest absolute Gasteiger partial charge is 0.260 e. The molecule has 1 heterocycles. The molecule has 18 heavy (non-hydrogen) atoms. The molecule has 0 atom stereocenters. The molecule has 0 aliphatic heterocycles. The van der Waals surface area contributed by atoms with E-state index in [0.717, 1.165) is 22.7 Å². The fourth-order valence-electron chi connectivity index (χ4n) is 1.54. The zero-order valence-electron chi connectivity index (χ0n) is 10.2. The lowest BCUT2D eigenvalue weighted by Crippen LogP contribution is -2.05. The Kier molecular flexibility index (Phi) is 4.03. The zero-order valence-corrected chi connectivity index (χ0v) is 11.0. The van der Waals surface area contributed by atoms with Crippen molar-refractivity contribution >= 4 is 11.8 Å². The summed E-state index contributed by atoms with van der Waals surface area (Å²) in [5.41, 5.74) is 2.56. The Hall–Kier alpha value is -1.77. The summed E-state index contributed by atoms with van der Waals surface area (Å²) in [6, 6.07) is 8.01. The standard InChI is InChI=1S/C13H13N3OS/c1-9-8-17-13(16-9)18-12-4-3-10(7-15-2)5-11(12)6-14/h3-5,8,15H,7H2,1-2H3. The van der Waals surface area contributed by atoms with Gasteiger partial charge in [0.05, 0.1) is 11.3 Å². The number of aromatic nitrogens is 1. The van der Waals surface area contributed by atoms with E-state index in [4.69, 9.17) is 9.68 Å². The molecule has 0 saturated heterocycles. The number of aryl methyl sites for hydroxylation is 1. The van der Waals surface area contributed by atoms with Gasteiger partial charge in [0.25, 0.3) is 5.22 Å². The largest absolute Gasteiger partial charge is 0.439 e. The molecule has 2 rings (SSSR count). The highest BCUT2D eigenvalue weighted by atomic mass is 32.2. The number of hydrogen-bond acceptors (Lipinski definition) is 5. The first kappa shape index (κ1) is 12.7. The quantitative estimate of drug-likeness (QED) is 0.914. The highest BCUT2D eigenvalue weighted by molar-refractivity contribution is 7.99. The number of rotatable bonds is 4. The van der Waals surface area contributed by atoms with Gasteiger partial charge in [-0.1, -0.05) is 6.07 Å². The molecular weight excluding hydrogens is 246 g/mol. The molecule has 1 N–H and O–H groups in total. The van der Waals surface area contributed by atoms with Gasteiger partial charge in [-0.3, -0.25) is 0 Å². The van der Waals surface area contributed by atoms with E-state index in [0.29, 0.717) is 10.8 Å². The van der Waals surface area contributed by atoms with E-state index in [9.17, 15) is 0 Å². The van der Waals surface area contributed by atoms with Crippen molar-refractivity contribution in [3.05, 3.63) is 41.3 Å². The summed E-state index contributed by atoms with van der Waals surface area (Å²) < 4.78 is 5.28. The molecule has 5 heteroatoms. The molecule has 0 aliphatic carbocycles. The molecule has 1 aromatic heterocycles. The summed E-state index contributed by atoms with van der Waals surface area (Å²) in [4.78, 5) is 5.08. The predicted molar refractivity (Wildman–Crippen MR) is 69.3 cm³/mol. The second kappa shape index (κ2) is 5.71. The first-order valence-corrected chi connectivity index (χ1v) is 6.32. The summed E-state index contributed by atoms with van der Waals surface area (Å²) in [5.74, 6) is 0. The second-order valence-electron chi connectivity index (χ2n) is 3.83. The molecule has 0 bridgehead atoms. The minimum absolute atomic E-state index is 0.561. The van der Waals surface area contributed by atoms with Gasteiger partial charge < -0.3 is 9.73 Å². The van der Waals surface area contributed by atoms with Crippen molar-refractivity contribution in [2.75, 3.05) is 7.05 Å². The third kappa shape index (κ3) is 2.92. The van der Waals surface area contributed by atoms with E-state index < -0.39 is 0 Å². The van der Waals surface area contributed by atoms with Crippen LogP contribution in [0.2, 0.25) is 0 Å². The molecule has 0 aliphatic rings. The Morgan fingerprint density at radius 3 is 2.94 bits per heavy atom. The predicted octanol–water partition coefficient (Wildman–Crippen LogP) is 2.73. The van der Waals surface area contributed by atoms with Crippen LogP contribution in [-0.2, 0) is 6.54 Å². The third-order valence-electron chi connectivity index (χ3n) is 2.34. The van der Waals surface area contributed by atoms with Crippen molar-refractivity contribution in [2.45, 2.75) is 23.6 Å². The number of nitrogens with one attached hydrogen (secondary N) is 1. The minimum atomic E-state index is 0.561. The number of nitrogens with zero attached hydrogens (tertiary/aromatic N) is 2. The maximum absolute atomic E-state index is 9.16. The second-order valence-corrected chi connectivity index (χ2v) is 4.82. The van der Waals surface area contributed by atoms with E-state index in [1.807, 2.05) is 32.2 Å². The fourth-order valence-corrected chi connectivity index (χ4v) is 2.37. The summed E-state index contributed by atoms with van der Waals surface area (Å²) >= 11 is 1.37. The van der Waals surface area contributed by atoms with Gasteiger partial charge in [-0.05, 0) is 43.4 Å². The van der Waals surface area contributed by atoms with Crippen molar-refractivity contribution in [1.82, 2.24) is 10.3 Å². The van der Waals surface area contributed by atoms with Gasteiger partial charge >= 0.3 is 0 Å². The van der Waals surface area contributed by atoms with E-state index in [1.54, 1.807) is 6.26 Å². The van der Waals surface area contributed by atoms with Crippen LogP contribution in [0, 0.1) is 18.3 Å². The van der Waals surface area contributed by atoms with Crippen LogP contribution in [0.15, 0.2) is 39.0 Å². The highest BCUT2D eigenvalue weighted by Crippen LogP contribution is 2.30. The monoisotopic (exact) mass is 259 g/mol. The van der Waals surface area contributed by atoms with E-state index in [1.165, 1.54) is 11.8 Å². The molecule has 2 aromatic rings. The molecular formula is C13H13N3OS. The van der Waals surface area contributed by atoms with E-state index >= 15 is 0 Å². The molecule has 0 radical (unpaired) electrons. The molecule has 0 unspecified atom stereocenters. The van der Waals surface area contributed by atoms with Gasteiger partial charge in [-0.15, -0.1) is 0 Å². The van der Waals surface area contributed by atoms with Crippen LogP contribution in [0.3, 0.4) is 0 Å². The fraction of sp³-hybridized carbons (Fsp3) is 0.231. The Morgan fingerprint density at radius 1 is 1.50 bits per heavy atom. The van der Waals surface area contributed by atoms with Gasteiger partial charge in [0.15, 0.2) is 0 Å². The van der Waals surface area contributed by atoms with Gasteiger partial charge in [0, 0.05) is 11.4 Å². The maximum atomic E-state index is 9.16. The van der Waals surface area contributed by atoms with Crippen LogP contribution in [0.1, 0.15) is 16.8 Å². The summed E-state index contributed by atoms with van der Waals surface area (Å²) in [6.07, 6.45) is 1.60. The summed E-state index contributed by atoms with van der Waals surface area (Å²) in [7, 11) is 1.88. The summed E-state index contributed by atoms with van der Waals surface area (Å²) in [5, 5.41) is 12.8. The number of benzene rings is 1. The maximum Gasteiger partial charge on any atom is 0.260 e. The van der Waals surface area contributed by atoms with Crippen molar-refractivity contribution in [1.29, 1.82) is 5.26 Å². The number of nitriles is 1. The number of oxazole rings is 1. The van der Waals surface area contributed by atoms with Crippen molar-refractivity contribution in [3.8, 4) is 6.07 Å². The summed E-state index contributed by atoms with van der Waals surface area (Å²) in [6.45, 7) is 2.62. The third-order valence-corrected chi connectivity index (χ3v) is 3.28. The van der Waals surface area contributed by atoms with Gasteiger partial charge in [-0.2, -0.15) is 5.26 Å². The molecule has 0 spiro atoms. The normalized spacial score (nSPS) is 10.3. The van der Waals surface area contributed by atoms with Crippen LogP contribution < -0.4 is 5.32 Å². The van der Waals surface area contributed by atoms with Crippen molar-refractivity contribution < 1.29 is 4.42 Å². The lowest BCUT2D eigenvalue weighted by Gasteiger charge is -2.04. The average molecular weight is 259 g/mol. The molecule has 0 amide bonds. The van der Waals surface area contributed by atoms with Crippen molar-refractivity contribution in [2.24, 2.45) is 0 Å². The highest BCUT2D eigenvalue weighted by Gasteiger charge is 2.09. The van der Waals surface area contributed by atoms with Crippen LogP contribution in [0.25, 0.3) is 0 Å². The Morgan fingerprint density at radius 2 is 2.33 bits per heavy atom. The van der Waals surface area contributed by atoms with Crippen LogP contribution in [-0.4, -0.2) is 12.0 Å². The minimum Gasteiger partial charge on any atom is -0.439 e. The average Bonchev–Trinajstić information content (AvgIpc) is 2.77. The first-order chi connectivity index (χ1) is 8.72.